The molecule has 1 heterocycles. The lowest BCUT2D eigenvalue weighted by molar-refractivity contribution is -0.140. The highest BCUT2D eigenvalue weighted by molar-refractivity contribution is 6.02. The second-order valence-corrected chi connectivity index (χ2v) is 6.40. The molecule has 1 atom stereocenters. The molecule has 0 spiro atoms. The minimum atomic E-state index is -4.62. The molecule has 10 heteroatoms. The van der Waals surface area contributed by atoms with Crippen LogP contribution < -0.4 is 15.0 Å². The van der Waals surface area contributed by atoms with E-state index in [0.717, 1.165) is 18.6 Å². The average molecular weight is 415 g/mol. The number of methoxy groups -OCH3 is 2. The summed E-state index contributed by atoms with van der Waals surface area (Å²) in [6.45, 7) is 0.791. The number of aromatic nitrogens is 1. The molecule has 0 fully saturated rings. The Morgan fingerprint density at radius 2 is 1.72 bits per heavy atom. The summed E-state index contributed by atoms with van der Waals surface area (Å²) < 4.78 is 48.6. The maximum atomic E-state index is 12.7. The summed E-state index contributed by atoms with van der Waals surface area (Å²) >= 11 is 0. The minimum Gasteiger partial charge on any atom is -0.503 e. The molecule has 1 aromatic heterocycles. The molecule has 0 saturated heterocycles. The van der Waals surface area contributed by atoms with Crippen LogP contribution >= 0.6 is 0 Å². The number of ketones is 1. The third-order valence-corrected chi connectivity index (χ3v) is 4.31. The molecule has 2 aromatic rings. The molecule has 1 aromatic carbocycles. The third-order valence-electron chi connectivity index (χ3n) is 4.31. The van der Waals surface area contributed by atoms with Gasteiger partial charge in [-0.25, -0.2) is 0 Å². The molecule has 2 rings (SSSR count). The van der Waals surface area contributed by atoms with Gasteiger partial charge in [0, 0.05) is 5.92 Å². The Labute approximate surface area is 163 Å². The van der Waals surface area contributed by atoms with Gasteiger partial charge in [-0.15, -0.1) is 0 Å². The van der Waals surface area contributed by atoms with Gasteiger partial charge in [-0.1, -0.05) is 19.1 Å². The number of Topliss-reactive ketones (excluding diaryl/α,β-unsaturated/α-hetero) is 1. The Morgan fingerprint density at radius 3 is 2.21 bits per heavy atom. The molecule has 158 valence electrons. The predicted octanol–water partition coefficient (Wildman–Crippen LogP) is 3.10. The van der Waals surface area contributed by atoms with Crippen molar-refractivity contribution < 1.29 is 37.7 Å². The van der Waals surface area contributed by atoms with Crippen molar-refractivity contribution in [3.8, 4) is 23.1 Å². The van der Waals surface area contributed by atoms with Gasteiger partial charge in [0.25, 0.3) is 5.56 Å². The molecule has 0 aliphatic heterocycles. The van der Waals surface area contributed by atoms with Crippen molar-refractivity contribution >= 4 is 5.78 Å². The fourth-order valence-corrected chi connectivity index (χ4v) is 2.83. The Bertz CT molecular complexity index is 950. The fraction of sp³-hybridized carbons (Fsp3) is 0.368. The number of ether oxygens (including phenoxy) is 2. The predicted molar refractivity (Wildman–Crippen MR) is 96.8 cm³/mol. The first-order chi connectivity index (χ1) is 13.5. The Balaban J connectivity index is 2.56. The zero-order chi connectivity index (χ0) is 21.9. The van der Waals surface area contributed by atoms with Crippen molar-refractivity contribution in [1.29, 1.82) is 0 Å². The van der Waals surface area contributed by atoms with E-state index in [0.29, 0.717) is 11.3 Å². The summed E-state index contributed by atoms with van der Waals surface area (Å²) in [6.07, 6.45) is -6.08. The van der Waals surface area contributed by atoms with E-state index >= 15 is 0 Å². The van der Waals surface area contributed by atoms with Gasteiger partial charge in [-0.3, -0.25) is 14.2 Å². The Morgan fingerprint density at radius 1 is 1.14 bits per heavy atom. The van der Waals surface area contributed by atoms with Crippen LogP contribution in [0.3, 0.4) is 0 Å². The van der Waals surface area contributed by atoms with E-state index < -0.39 is 52.8 Å². The van der Waals surface area contributed by atoms with Crippen molar-refractivity contribution in [3.05, 3.63) is 45.7 Å². The number of carbonyl (C=O) groups is 1. The second kappa shape index (κ2) is 8.46. The summed E-state index contributed by atoms with van der Waals surface area (Å²) in [7, 11) is 2.52. The lowest BCUT2D eigenvalue weighted by atomic mass is 9.95. The SMILES string of the molecule is COc1ccc(Cn2c(O)c(C(=O)C(C)CC(F)(F)F)c(O)c(OC)c2=O)cc1. The third kappa shape index (κ3) is 4.82. The van der Waals surface area contributed by atoms with Crippen LogP contribution in [-0.2, 0) is 6.54 Å². The van der Waals surface area contributed by atoms with Gasteiger partial charge in [0.15, 0.2) is 11.5 Å². The molecule has 0 bridgehead atoms. The Kier molecular flexibility index (Phi) is 6.45. The topological polar surface area (TPSA) is 98.0 Å². The molecule has 0 aliphatic rings. The number of pyridine rings is 1. The van der Waals surface area contributed by atoms with Crippen LogP contribution in [0.4, 0.5) is 13.2 Å². The quantitative estimate of drug-likeness (QED) is 0.675. The monoisotopic (exact) mass is 415 g/mol. The van der Waals surface area contributed by atoms with E-state index in [1.807, 2.05) is 0 Å². The molecule has 2 N–H and O–H groups in total. The largest absolute Gasteiger partial charge is 0.503 e. The van der Waals surface area contributed by atoms with Crippen LogP contribution in [0.5, 0.6) is 23.1 Å². The van der Waals surface area contributed by atoms with E-state index in [4.69, 9.17) is 9.47 Å². The van der Waals surface area contributed by atoms with Gasteiger partial charge in [-0.2, -0.15) is 13.2 Å². The number of nitrogens with zero attached hydrogens (tertiary/aromatic N) is 1. The zero-order valence-electron chi connectivity index (χ0n) is 15.9. The number of hydrogen-bond donors (Lipinski definition) is 2. The maximum Gasteiger partial charge on any atom is 0.389 e. The van der Waals surface area contributed by atoms with Crippen molar-refractivity contribution in [2.75, 3.05) is 14.2 Å². The van der Waals surface area contributed by atoms with E-state index in [1.165, 1.54) is 7.11 Å². The number of carbonyl (C=O) groups excluding carboxylic acids is 1. The fourth-order valence-electron chi connectivity index (χ4n) is 2.83. The molecule has 0 radical (unpaired) electrons. The van der Waals surface area contributed by atoms with Crippen molar-refractivity contribution in [2.45, 2.75) is 26.1 Å². The lowest BCUT2D eigenvalue weighted by Gasteiger charge is -2.19. The molecular weight excluding hydrogens is 395 g/mol. The number of benzene rings is 1. The molecule has 0 amide bonds. The van der Waals surface area contributed by atoms with Crippen LogP contribution in [0.25, 0.3) is 0 Å². The van der Waals surface area contributed by atoms with Gasteiger partial charge >= 0.3 is 6.18 Å². The van der Waals surface area contributed by atoms with Gasteiger partial charge in [0.2, 0.25) is 11.6 Å². The van der Waals surface area contributed by atoms with Crippen molar-refractivity contribution in [1.82, 2.24) is 4.57 Å². The van der Waals surface area contributed by atoms with Gasteiger partial charge in [0.05, 0.1) is 27.2 Å². The van der Waals surface area contributed by atoms with Gasteiger partial charge in [-0.05, 0) is 17.7 Å². The first-order valence-corrected chi connectivity index (χ1v) is 8.46. The number of alkyl halides is 3. The summed E-state index contributed by atoms with van der Waals surface area (Å²) in [4.78, 5) is 25.1. The molecular formula is C19H20F3NO6. The summed E-state index contributed by atoms with van der Waals surface area (Å²) in [5.41, 5.74) is -1.22. The van der Waals surface area contributed by atoms with E-state index in [2.05, 4.69) is 0 Å². The molecule has 0 saturated carbocycles. The van der Waals surface area contributed by atoms with Crippen LogP contribution in [0.2, 0.25) is 0 Å². The lowest BCUT2D eigenvalue weighted by Crippen LogP contribution is -2.26. The van der Waals surface area contributed by atoms with E-state index in [-0.39, 0.29) is 6.54 Å². The van der Waals surface area contributed by atoms with Crippen LogP contribution in [0, 0.1) is 5.92 Å². The van der Waals surface area contributed by atoms with E-state index in [1.54, 1.807) is 24.3 Å². The van der Waals surface area contributed by atoms with Crippen molar-refractivity contribution in [3.63, 3.8) is 0 Å². The summed E-state index contributed by atoms with van der Waals surface area (Å²) in [5.74, 6) is -4.81. The maximum absolute atomic E-state index is 12.7. The first-order valence-electron chi connectivity index (χ1n) is 8.46. The normalized spacial score (nSPS) is 12.5. The number of aromatic hydroxyl groups is 2. The molecule has 7 nitrogen and oxygen atoms in total. The van der Waals surface area contributed by atoms with Crippen LogP contribution in [0.15, 0.2) is 29.1 Å². The summed E-state index contributed by atoms with van der Waals surface area (Å²) in [6, 6.07) is 6.40. The highest BCUT2D eigenvalue weighted by Crippen LogP contribution is 2.37. The summed E-state index contributed by atoms with van der Waals surface area (Å²) in [5, 5.41) is 20.7. The Hall–Kier alpha value is -3.17. The highest BCUT2D eigenvalue weighted by atomic mass is 19.4. The second-order valence-electron chi connectivity index (χ2n) is 6.40. The zero-order valence-corrected chi connectivity index (χ0v) is 15.9. The highest BCUT2D eigenvalue weighted by Gasteiger charge is 2.36. The molecule has 29 heavy (non-hydrogen) atoms. The van der Waals surface area contributed by atoms with E-state index in [9.17, 15) is 33.0 Å². The average Bonchev–Trinajstić information content (AvgIpc) is 2.64. The number of hydrogen-bond acceptors (Lipinski definition) is 6. The minimum absolute atomic E-state index is 0.223. The number of rotatable bonds is 7. The van der Waals surface area contributed by atoms with Crippen LogP contribution in [-0.4, -0.2) is 41.0 Å². The molecule has 1 unspecified atom stereocenters. The van der Waals surface area contributed by atoms with Crippen molar-refractivity contribution in [2.24, 2.45) is 5.92 Å². The smallest absolute Gasteiger partial charge is 0.389 e. The first kappa shape index (κ1) is 22.1. The standard InChI is InChI=1S/C19H20F3NO6/c1-10(8-19(20,21)22)14(24)13-15(25)16(29-3)18(27)23(17(13)26)9-11-4-6-12(28-2)7-5-11/h4-7,10,25-26H,8-9H2,1-3H3. The molecule has 0 aliphatic carbocycles. The number of halogens is 3. The van der Waals surface area contributed by atoms with Gasteiger partial charge in [0.1, 0.15) is 11.3 Å². The van der Waals surface area contributed by atoms with Gasteiger partial charge < -0.3 is 19.7 Å². The van der Waals surface area contributed by atoms with Crippen LogP contribution in [0.1, 0.15) is 29.3 Å².